The quantitative estimate of drug-likeness (QED) is 0.743. The Bertz CT molecular complexity index is 306. The molecule has 14 heavy (non-hydrogen) atoms. The Morgan fingerprint density at radius 3 is 2.50 bits per heavy atom. The fraction of sp³-hybridized carbons (Fsp3) is 0.625. The number of rotatable bonds is 2. The molecule has 2 rings (SSSR count). The monoisotopic (exact) mass is 198 g/mol. The van der Waals surface area contributed by atoms with Gasteiger partial charge in [0.15, 0.2) is 0 Å². The standard InChI is InChI=1S/C6H8N4O2.C2H6/c7-5(11)4-6(9-12-8-4)10-2-1-3-10;1-2/h1-3H2,(H2,7,11);1-2H3. The van der Waals surface area contributed by atoms with Gasteiger partial charge in [0.05, 0.1) is 0 Å². The molecule has 0 atom stereocenters. The molecule has 0 aliphatic carbocycles. The van der Waals surface area contributed by atoms with Gasteiger partial charge < -0.3 is 10.6 Å². The highest BCUT2D eigenvalue weighted by Crippen LogP contribution is 2.20. The molecule has 0 radical (unpaired) electrons. The number of primary amides is 1. The summed E-state index contributed by atoms with van der Waals surface area (Å²) >= 11 is 0. The molecule has 1 saturated heterocycles. The maximum atomic E-state index is 10.8. The van der Waals surface area contributed by atoms with Crippen LogP contribution in [0.3, 0.4) is 0 Å². The van der Waals surface area contributed by atoms with E-state index in [1.807, 2.05) is 18.7 Å². The number of amides is 1. The number of hydrogen-bond donors (Lipinski definition) is 1. The lowest BCUT2D eigenvalue weighted by Gasteiger charge is -2.30. The summed E-state index contributed by atoms with van der Waals surface area (Å²) in [5.41, 5.74) is 5.17. The summed E-state index contributed by atoms with van der Waals surface area (Å²) < 4.78 is 4.42. The molecule has 0 aromatic carbocycles. The van der Waals surface area contributed by atoms with Crippen molar-refractivity contribution in [2.45, 2.75) is 20.3 Å². The molecule has 0 spiro atoms. The van der Waals surface area contributed by atoms with Gasteiger partial charge in [0.2, 0.25) is 11.5 Å². The van der Waals surface area contributed by atoms with E-state index in [2.05, 4.69) is 14.9 Å². The number of nitrogens with zero attached hydrogens (tertiary/aromatic N) is 3. The summed E-state index contributed by atoms with van der Waals surface area (Å²) in [6.07, 6.45) is 1.10. The smallest absolute Gasteiger partial charge is 0.274 e. The van der Waals surface area contributed by atoms with Crippen molar-refractivity contribution in [3.63, 3.8) is 0 Å². The van der Waals surface area contributed by atoms with E-state index in [-0.39, 0.29) is 5.69 Å². The summed E-state index contributed by atoms with van der Waals surface area (Å²) in [4.78, 5) is 12.7. The Kier molecular flexibility index (Phi) is 3.44. The van der Waals surface area contributed by atoms with Crippen molar-refractivity contribution in [2.24, 2.45) is 5.73 Å². The summed E-state index contributed by atoms with van der Waals surface area (Å²) in [6, 6.07) is 0. The minimum Gasteiger partial charge on any atom is -0.364 e. The highest BCUT2D eigenvalue weighted by atomic mass is 16.6. The second-order valence-corrected chi connectivity index (χ2v) is 2.64. The minimum atomic E-state index is -0.599. The first kappa shape index (κ1) is 10.5. The molecule has 1 aromatic rings. The Labute approximate surface area is 82.0 Å². The van der Waals surface area contributed by atoms with Gasteiger partial charge in [-0.15, -0.1) is 0 Å². The lowest BCUT2D eigenvalue weighted by molar-refractivity contribution is 0.0991. The topological polar surface area (TPSA) is 85.2 Å². The van der Waals surface area contributed by atoms with Crippen molar-refractivity contribution in [3.05, 3.63) is 5.69 Å². The zero-order chi connectivity index (χ0) is 10.6. The van der Waals surface area contributed by atoms with Crippen LogP contribution in [0.25, 0.3) is 0 Å². The molecule has 2 N–H and O–H groups in total. The molecule has 0 saturated carbocycles. The third kappa shape index (κ3) is 1.84. The maximum absolute atomic E-state index is 10.8. The average Bonchev–Trinajstić information content (AvgIpc) is 2.53. The second-order valence-electron chi connectivity index (χ2n) is 2.64. The van der Waals surface area contributed by atoms with Crippen LogP contribution < -0.4 is 10.6 Å². The fourth-order valence-electron chi connectivity index (χ4n) is 1.07. The van der Waals surface area contributed by atoms with Crippen LogP contribution in [0.1, 0.15) is 30.8 Å². The normalized spacial score (nSPS) is 14.0. The van der Waals surface area contributed by atoms with Crippen LogP contribution in [0, 0.1) is 0 Å². The molecule has 2 heterocycles. The number of anilines is 1. The molecule has 78 valence electrons. The number of aromatic nitrogens is 2. The molecule has 1 amide bonds. The van der Waals surface area contributed by atoms with Crippen LogP contribution in [-0.4, -0.2) is 29.3 Å². The van der Waals surface area contributed by atoms with Crippen molar-refractivity contribution in [2.75, 3.05) is 18.0 Å². The van der Waals surface area contributed by atoms with Crippen molar-refractivity contribution in [1.29, 1.82) is 0 Å². The van der Waals surface area contributed by atoms with Crippen molar-refractivity contribution in [1.82, 2.24) is 10.3 Å². The predicted octanol–water partition coefficient (Wildman–Crippen LogP) is 0.405. The van der Waals surface area contributed by atoms with Crippen molar-refractivity contribution >= 4 is 11.7 Å². The number of carbonyl (C=O) groups is 1. The molecular formula is C8H14N4O2. The fourth-order valence-corrected chi connectivity index (χ4v) is 1.07. The van der Waals surface area contributed by atoms with E-state index in [0.29, 0.717) is 5.82 Å². The zero-order valence-electron chi connectivity index (χ0n) is 8.36. The van der Waals surface area contributed by atoms with Gasteiger partial charge >= 0.3 is 0 Å². The Balaban J connectivity index is 0.000000461. The van der Waals surface area contributed by atoms with Crippen LogP contribution in [0.4, 0.5) is 5.82 Å². The second kappa shape index (κ2) is 4.59. The SMILES string of the molecule is CC.NC(=O)c1nonc1N1CCC1. The molecule has 1 aromatic heterocycles. The first-order valence-corrected chi connectivity index (χ1v) is 4.66. The van der Waals surface area contributed by atoms with E-state index < -0.39 is 5.91 Å². The lowest BCUT2D eigenvalue weighted by Crippen LogP contribution is -2.38. The van der Waals surface area contributed by atoms with Crippen LogP contribution in [0.5, 0.6) is 0 Å². The number of carbonyl (C=O) groups excluding carboxylic acids is 1. The van der Waals surface area contributed by atoms with Crippen LogP contribution >= 0.6 is 0 Å². The van der Waals surface area contributed by atoms with E-state index in [9.17, 15) is 4.79 Å². The molecule has 0 unspecified atom stereocenters. The van der Waals surface area contributed by atoms with E-state index in [4.69, 9.17) is 5.73 Å². The molecule has 1 aliphatic rings. The Hall–Kier alpha value is -1.59. The summed E-state index contributed by atoms with van der Waals surface area (Å²) in [5, 5.41) is 7.01. The summed E-state index contributed by atoms with van der Waals surface area (Å²) in [5.74, 6) is -0.132. The van der Waals surface area contributed by atoms with Gasteiger partial charge in [0.25, 0.3) is 5.91 Å². The van der Waals surface area contributed by atoms with Crippen LogP contribution in [0.2, 0.25) is 0 Å². The average molecular weight is 198 g/mol. The molecular weight excluding hydrogens is 184 g/mol. The van der Waals surface area contributed by atoms with Gasteiger partial charge in [-0.25, -0.2) is 4.63 Å². The molecule has 6 heteroatoms. The van der Waals surface area contributed by atoms with E-state index in [1.54, 1.807) is 0 Å². The van der Waals surface area contributed by atoms with Crippen LogP contribution in [0.15, 0.2) is 4.63 Å². The molecule has 1 aliphatic heterocycles. The lowest BCUT2D eigenvalue weighted by atomic mass is 10.2. The first-order valence-electron chi connectivity index (χ1n) is 4.66. The van der Waals surface area contributed by atoms with Gasteiger partial charge in [-0.3, -0.25) is 4.79 Å². The van der Waals surface area contributed by atoms with Gasteiger partial charge in [0, 0.05) is 13.1 Å². The zero-order valence-corrected chi connectivity index (χ0v) is 8.36. The van der Waals surface area contributed by atoms with Crippen LogP contribution in [-0.2, 0) is 0 Å². The summed E-state index contributed by atoms with van der Waals surface area (Å²) in [7, 11) is 0. The highest BCUT2D eigenvalue weighted by molar-refractivity contribution is 5.95. The Morgan fingerprint density at radius 1 is 1.43 bits per heavy atom. The number of hydrogen-bond acceptors (Lipinski definition) is 5. The largest absolute Gasteiger partial charge is 0.364 e. The van der Waals surface area contributed by atoms with Crippen molar-refractivity contribution in [3.8, 4) is 0 Å². The van der Waals surface area contributed by atoms with Crippen molar-refractivity contribution < 1.29 is 9.42 Å². The van der Waals surface area contributed by atoms with Gasteiger partial charge in [0.1, 0.15) is 0 Å². The van der Waals surface area contributed by atoms with E-state index in [0.717, 1.165) is 19.5 Å². The van der Waals surface area contributed by atoms with E-state index >= 15 is 0 Å². The third-order valence-electron chi connectivity index (χ3n) is 1.86. The Morgan fingerprint density at radius 2 is 2.07 bits per heavy atom. The summed E-state index contributed by atoms with van der Waals surface area (Å²) in [6.45, 7) is 5.77. The highest BCUT2D eigenvalue weighted by Gasteiger charge is 2.25. The minimum absolute atomic E-state index is 0.120. The van der Waals surface area contributed by atoms with Gasteiger partial charge in [-0.2, -0.15) is 0 Å². The maximum Gasteiger partial charge on any atom is 0.274 e. The number of nitrogens with two attached hydrogens (primary N) is 1. The van der Waals surface area contributed by atoms with Gasteiger partial charge in [-0.1, -0.05) is 13.8 Å². The first-order chi connectivity index (χ1) is 6.79. The third-order valence-corrected chi connectivity index (χ3v) is 1.86. The predicted molar refractivity (Wildman–Crippen MR) is 51.0 cm³/mol. The molecule has 0 bridgehead atoms. The molecule has 1 fully saturated rings. The van der Waals surface area contributed by atoms with Gasteiger partial charge in [-0.05, 0) is 16.7 Å². The molecule has 6 nitrogen and oxygen atoms in total. The van der Waals surface area contributed by atoms with E-state index in [1.165, 1.54) is 0 Å².